The summed E-state index contributed by atoms with van der Waals surface area (Å²) in [5.41, 5.74) is 13.5. The number of aromatic nitrogens is 4. The van der Waals surface area contributed by atoms with Gasteiger partial charge in [0.2, 0.25) is 11.9 Å². The first-order valence-corrected chi connectivity index (χ1v) is 19.0. The molecule has 57 heavy (non-hydrogen) atoms. The first kappa shape index (κ1) is 46.0. The molecule has 0 aliphatic heterocycles. The number of hydrogen-bond donors (Lipinski definition) is 5. The Kier molecular flexibility index (Phi) is 19.6. The van der Waals surface area contributed by atoms with E-state index >= 15 is 0 Å². The molecule has 0 bridgehead atoms. The smallest absolute Gasteiger partial charge is 0.407 e. The second-order valence-corrected chi connectivity index (χ2v) is 13.7. The van der Waals surface area contributed by atoms with E-state index in [1.165, 1.54) is 7.11 Å². The highest BCUT2D eigenvalue weighted by atomic mass is 16.6. The molecule has 2 heterocycles. The van der Waals surface area contributed by atoms with Crippen LogP contribution in [0.25, 0.3) is 11.2 Å². The number of nitrogens with zero attached hydrogens (tertiary/aromatic N) is 5. The second-order valence-electron chi connectivity index (χ2n) is 13.7. The van der Waals surface area contributed by atoms with Crippen molar-refractivity contribution in [2.75, 3.05) is 83.3 Å². The highest BCUT2D eigenvalue weighted by molar-refractivity contribution is 5.97. The van der Waals surface area contributed by atoms with Crippen molar-refractivity contribution in [1.29, 1.82) is 0 Å². The summed E-state index contributed by atoms with van der Waals surface area (Å²) in [6, 6.07) is 5.77. The molecule has 1 aromatic carbocycles. The van der Waals surface area contributed by atoms with Crippen LogP contribution in [0.5, 0.6) is 0 Å². The summed E-state index contributed by atoms with van der Waals surface area (Å²) in [4.78, 5) is 68.4. The Morgan fingerprint density at radius 2 is 1.51 bits per heavy atom. The van der Waals surface area contributed by atoms with Crippen molar-refractivity contribution in [2.24, 2.45) is 0 Å². The lowest BCUT2D eigenvalue weighted by Gasteiger charge is -2.24. The zero-order chi connectivity index (χ0) is 41.6. The maximum absolute atomic E-state index is 13.0. The van der Waals surface area contributed by atoms with Crippen LogP contribution in [0, 0.1) is 0 Å². The minimum Gasteiger partial charge on any atom is -0.467 e. The lowest BCUT2D eigenvalue weighted by Crippen LogP contribution is -2.42. The van der Waals surface area contributed by atoms with Crippen LogP contribution in [-0.2, 0) is 39.8 Å². The van der Waals surface area contributed by atoms with Crippen LogP contribution in [0.4, 0.5) is 22.2 Å². The molecule has 0 saturated heterocycles. The van der Waals surface area contributed by atoms with E-state index in [9.17, 15) is 19.2 Å². The summed E-state index contributed by atoms with van der Waals surface area (Å²) in [6.45, 7) is 9.66. The number of nitrogen functional groups attached to an aromatic ring is 2. The molecule has 0 radical (unpaired) electrons. The van der Waals surface area contributed by atoms with Gasteiger partial charge < -0.3 is 56.0 Å². The van der Waals surface area contributed by atoms with Gasteiger partial charge in [0.25, 0.3) is 5.91 Å². The van der Waals surface area contributed by atoms with E-state index in [0.717, 1.165) is 18.5 Å². The third kappa shape index (κ3) is 17.1. The summed E-state index contributed by atoms with van der Waals surface area (Å²) in [5, 5.41) is 8.20. The van der Waals surface area contributed by atoms with Crippen LogP contribution in [0.2, 0.25) is 0 Å². The number of methoxy groups -OCH3 is 1. The average molecular weight is 799 g/mol. The highest BCUT2D eigenvalue weighted by Gasteiger charge is 2.24. The fourth-order valence-corrected chi connectivity index (χ4v) is 5.51. The monoisotopic (exact) mass is 798 g/mol. The highest BCUT2D eigenvalue weighted by Crippen LogP contribution is 2.19. The summed E-state index contributed by atoms with van der Waals surface area (Å²) < 4.78 is 26.8. The van der Waals surface area contributed by atoms with Gasteiger partial charge in [-0.2, -0.15) is 9.97 Å². The van der Waals surface area contributed by atoms with Crippen molar-refractivity contribution in [2.45, 2.75) is 77.5 Å². The zero-order valence-electron chi connectivity index (χ0n) is 33.6. The van der Waals surface area contributed by atoms with Gasteiger partial charge in [-0.05, 0) is 63.8 Å². The van der Waals surface area contributed by atoms with Crippen LogP contribution < -0.4 is 32.3 Å². The quantitative estimate of drug-likeness (QED) is 0.0577. The Hall–Kier alpha value is -5.40. The number of nitrogens with one attached hydrogen (secondary N) is 3. The first-order chi connectivity index (χ1) is 27.3. The Labute approximate surface area is 333 Å². The summed E-state index contributed by atoms with van der Waals surface area (Å²) in [7, 11) is 3.08. The van der Waals surface area contributed by atoms with Crippen LogP contribution in [0.1, 0.15) is 75.3 Å². The number of carbonyl (C=O) groups is 4. The molecule has 0 spiro atoms. The minimum absolute atomic E-state index is 0.00378. The third-order valence-electron chi connectivity index (χ3n) is 8.41. The number of alkyl carbamates (subject to hydrolysis) is 1. The molecule has 19 heteroatoms. The maximum atomic E-state index is 13.0. The number of fused-ring (bicyclic) bond motifs is 1. The molecule has 3 aromatic rings. The predicted molar refractivity (Wildman–Crippen MR) is 213 cm³/mol. The number of benzene rings is 1. The number of hydrogen-bond acceptors (Lipinski definition) is 16. The van der Waals surface area contributed by atoms with E-state index in [2.05, 4.69) is 35.9 Å². The Bertz CT molecular complexity index is 1730. The summed E-state index contributed by atoms with van der Waals surface area (Å²) in [5.74, 6) is -1.25. The van der Waals surface area contributed by atoms with Gasteiger partial charge in [-0.1, -0.05) is 13.3 Å². The van der Waals surface area contributed by atoms with E-state index in [1.54, 1.807) is 30.5 Å². The van der Waals surface area contributed by atoms with Gasteiger partial charge in [-0.25, -0.2) is 19.6 Å². The lowest BCUT2D eigenvalue weighted by molar-refractivity contribution is -0.143. The van der Waals surface area contributed by atoms with Gasteiger partial charge >= 0.3 is 12.1 Å². The van der Waals surface area contributed by atoms with Gasteiger partial charge in [0.15, 0.2) is 17.0 Å². The van der Waals surface area contributed by atoms with Gasteiger partial charge in [-0.3, -0.25) is 9.59 Å². The molecule has 3 amide bonds. The largest absolute Gasteiger partial charge is 0.467 e. The third-order valence-corrected chi connectivity index (χ3v) is 8.41. The number of nitrogens with two attached hydrogens (primary N) is 2. The van der Waals surface area contributed by atoms with Crippen LogP contribution in [0.15, 0.2) is 30.5 Å². The summed E-state index contributed by atoms with van der Waals surface area (Å²) >= 11 is 0. The van der Waals surface area contributed by atoms with Crippen molar-refractivity contribution in [3.63, 3.8) is 0 Å². The average Bonchev–Trinajstić information content (AvgIpc) is 3.17. The number of anilines is 3. The maximum Gasteiger partial charge on any atom is 0.407 e. The molecule has 3 rings (SSSR count). The van der Waals surface area contributed by atoms with Crippen molar-refractivity contribution in [3.8, 4) is 0 Å². The Balaban J connectivity index is 1.24. The Morgan fingerprint density at radius 3 is 2.14 bits per heavy atom. The number of rotatable bonds is 26. The molecule has 0 aliphatic carbocycles. The van der Waals surface area contributed by atoms with Crippen molar-refractivity contribution >= 4 is 52.5 Å². The molecule has 7 N–H and O–H groups in total. The molecule has 0 aliphatic rings. The van der Waals surface area contributed by atoms with Gasteiger partial charge in [0.1, 0.15) is 11.6 Å². The predicted octanol–water partition coefficient (Wildman–Crippen LogP) is 2.52. The first-order valence-electron chi connectivity index (χ1n) is 19.0. The molecule has 314 valence electrons. The van der Waals surface area contributed by atoms with Crippen molar-refractivity contribution in [1.82, 2.24) is 35.9 Å². The van der Waals surface area contributed by atoms with Crippen LogP contribution >= 0.6 is 0 Å². The molecule has 0 fully saturated rings. The molecule has 1 unspecified atom stereocenters. The van der Waals surface area contributed by atoms with E-state index < -0.39 is 29.6 Å². The van der Waals surface area contributed by atoms with E-state index in [4.69, 9.17) is 35.2 Å². The number of carbonyl (C=O) groups excluding carboxylic acids is 4. The van der Waals surface area contributed by atoms with Crippen molar-refractivity contribution < 1.29 is 42.9 Å². The van der Waals surface area contributed by atoms with Crippen LogP contribution in [-0.4, -0.2) is 122 Å². The Morgan fingerprint density at radius 1 is 0.877 bits per heavy atom. The van der Waals surface area contributed by atoms with E-state index in [0.29, 0.717) is 94.5 Å². The molecular weight excluding hydrogens is 740 g/mol. The fraction of sp³-hybridized carbons (Fsp3) is 0.579. The molecule has 19 nitrogen and oxygen atoms in total. The summed E-state index contributed by atoms with van der Waals surface area (Å²) in [6.07, 6.45) is 4.22. The van der Waals surface area contributed by atoms with E-state index in [-0.39, 0.29) is 30.5 Å². The molecule has 2 aromatic heterocycles. The molecule has 0 saturated carbocycles. The molecular formula is C38H58N10O9. The van der Waals surface area contributed by atoms with Crippen molar-refractivity contribution in [3.05, 3.63) is 41.7 Å². The minimum atomic E-state index is -1.02. The van der Waals surface area contributed by atoms with E-state index in [1.807, 2.05) is 32.7 Å². The van der Waals surface area contributed by atoms with Crippen LogP contribution in [0.3, 0.4) is 0 Å². The fourth-order valence-electron chi connectivity index (χ4n) is 5.51. The standard InChI is InChI=1S/C38H58N10O9/c1-6-15-38(2,3)57-37(52)42-17-8-19-55-21-23-56-22-20-54-18-7-16-41-30(49)14-13-29(35(51)53-5)45-34(50)26-9-11-28(12-10-26)48(4)25-27-24-43-33-31(44-27)32(39)46-36(40)47-33/h9-12,24,29H,6-8,13-23,25H2,1-5H3,(H,41,49)(H,42,52)(H,45,50)(H4,39,40,43,46,47). The molecule has 1 atom stereocenters. The number of ether oxygens (including phenoxy) is 5. The number of amides is 3. The SMILES string of the molecule is CCCC(C)(C)OC(=O)NCCCOCCOCCOCCCNC(=O)CCC(NC(=O)c1ccc(N(C)Cc2cnc3nc(N)nc(N)c3n2)cc1)C(=O)OC. The van der Waals surface area contributed by atoms with Gasteiger partial charge in [-0.15, -0.1) is 0 Å². The zero-order valence-corrected chi connectivity index (χ0v) is 33.6. The topological polar surface area (TPSA) is 257 Å². The lowest BCUT2D eigenvalue weighted by atomic mass is 10.0. The van der Waals surface area contributed by atoms with Gasteiger partial charge in [0.05, 0.1) is 52.0 Å². The second kappa shape index (κ2) is 24.3. The van der Waals surface area contributed by atoms with Gasteiger partial charge in [0, 0.05) is 51.0 Å². The normalized spacial score (nSPS) is 11.8. The number of esters is 1.